The second kappa shape index (κ2) is 8.02. The van der Waals surface area contributed by atoms with Crippen molar-refractivity contribution in [3.8, 4) is 0 Å². The topological polar surface area (TPSA) is 84.9 Å². The predicted octanol–water partition coefficient (Wildman–Crippen LogP) is 2.83. The molecule has 0 aromatic heterocycles. The van der Waals surface area contributed by atoms with Crippen molar-refractivity contribution < 1.29 is 73.1 Å². The molecule has 29 heavy (non-hydrogen) atoms. The van der Waals surface area contributed by atoms with Crippen molar-refractivity contribution >= 4 is 11.9 Å². The van der Waals surface area contributed by atoms with Gasteiger partial charge in [-0.05, 0) is 17.7 Å². The Bertz CT molecular complexity index is 763. The van der Waals surface area contributed by atoms with E-state index in [2.05, 4.69) is 14.5 Å². The van der Waals surface area contributed by atoms with E-state index in [1.807, 2.05) is 0 Å². The first-order valence-corrected chi connectivity index (χ1v) is 6.66. The van der Waals surface area contributed by atoms with E-state index in [1.54, 1.807) is 0 Å². The van der Waals surface area contributed by atoms with Crippen molar-refractivity contribution in [2.75, 3.05) is 0 Å². The van der Waals surface area contributed by atoms with Crippen molar-refractivity contribution in [3.05, 3.63) is 35.4 Å². The van der Waals surface area contributed by atoms with Crippen molar-refractivity contribution in [1.29, 1.82) is 0 Å². The van der Waals surface area contributed by atoms with Gasteiger partial charge in [0.05, 0.1) is 11.5 Å². The van der Waals surface area contributed by atoms with E-state index in [9.17, 15) is 58.6 Å². The van der Waals surface area contributed by atoms with Gasteiger partial charge in [-0.2, -0.15) is 39.5 Å². The Morgan fingerprint density at radius 1 is 0.931 bits per heavy atom. The molecule has 0 amide bonds. The highest BCUT2D eigenvalue weighted by Crippen LogP contribution is 2.48. The molecule has 1 atom stereocenters. The van der Waals surface area contributed by atoms with Crippen molar-refractivity contribution in [2.45, 2.75) is 30.7 Å². The Kier molecular flexibility index (Phi) is 6.75. The summed E-state index contributed by atoms with van der Waals surface area (Å²) in [7, 11) is 0. The van der Waals surface area contributed by atoms with E-state index in [0.29, 0.717) is 6.07 Å². The van der Waals surface area contributed by atoms with Crippen LogP contribution in [0.25, 0.3) is 0 Å². The van der Waals surface area contributed by atoms with Crippen LogP contribution in [0.15, 0.2) is 24.3 Å². The minimum Gasteiger partial charge on any atom is -0.545 e. The number of carbonyl (C=O) groups excluding carboxylic acids is 2. The van der Waals surface area contributed by atoms with Gasteiger partial charge in [-0.3, -0.25) is 9.62 Å². The molecule has 0 bridgehead atoms. The average molecular weight is 447 g/mol. The standard InChI is InChI=1S/C13H6F10O6/c14-9(27-13(22,23)11(17,18)12(19,20)21)10(15,16)29-28-8(26)6-3-1-2-5(4-6)7(24)25/h1-4,9H,(H,24,25)/p-1. The first-order valence-electron chi connectivity index (χ1n) is 6.66. The molecule has 1 unspecified atom stereocenters. The largest absolute Gasteiger partial charge is 0.545 e. The molecule has 0 radical (unpaired) electrons. The number of hydrogen-bond donors (Lipinski definition) is 0. The van der Waals surface area contributed by atoms with E-state index in [4.69, 9.17) is 0 Å². The van der Waals surface area contributed by atoms with Gasteiger partial charge in [-0.1, -0.05) is 12.1 Å². The maximum atomic E-state index is 13.2. The molecule has 164 valence electrons. The molecular formula is C13H5F10O6-. The van der Waals surface area contributed by atoms with Gasteiger partial charge in [0.1, 0.15) is 0 Å². The van der Waals surface area contributed by atoms with Gasteiger partial charge < -0.3 is 9.90 Å². The molecule has 0 spiro atoms. The molecule has 16 heteroatoms. The summed E-state index contributed by atoms with van der Waals surface area (Å²) in [6, 6.07) is 3.04. The lowest BCUT2D eigenvalue weighted by molar-refractivity contribution is -0.496. The van der Waals surface area contributed by atoms with E-state index in [-0.39, 0.29) is 0 Å². The summed E-state index contributed by atoms with van der Waals surface area (Å²) in [5, 5.41) is 10.6. The molecule has 0 fully saturated rings. The second-order valence-corrected chi connectivity index (χ2v) is 4.91. The first kappa shape index (κ1) is 24.4. The number of carbonyl (C=O) groups is 2. The van der Waals surface area contributed by atoms with Crippen LogP contribution in [0.5, 0.6) is 0 Å². The van der Waals surface area contributed by atoms with Crippen LogP contribution < -0.4 is 5.11 Å². The van der Waals surface area contributed by atoms with Crippen LogP contribution >= 0.6 is 0 Å². The molecule has 0 aliphatic rings. The lowest BCUT2D eigenvalue weighted by Gasteiger charge is -2.29. The quantitative estimate of drug-likeness (QED) is 0.346. The first-order chi connectivity index (χ1) is 12.9. The van der Waals surface area contributed by atoms with Crippen molar-refractivity contribution in [1.82, 2.24) is 0 Å². The fourth-order valence-corrected chi connectivity index (χ4v) is 1.39. The van der Waals surface area contributed by atoms with E-state index in [1.165, 1.54) is 0 Å². The highest BCUT2D eigenvalue weighted by molar-refractivity contribution is 5.93. The fourth-order valence-electron chi connectivity index (χ4n) is 1.39. The van der Waals surface area contributed by atoms with Gasteiger partial charge >= 0.3 is 30.3 Å². The highest BCUT2D eigenvalue weighted by Gasteiger charge is 2.76. The maximum absolute atomic E-state index is 13.2. The Labute approximate surface area is 152 Å². The monoisotopic (exact) mass is 447 g/mol. The molecule has 1 rings (SSSR count). The third kappa shape index (κ3) is 5.47. The lowest BCUT2D eigenvalue weighted by atomic mass is 10.1. The van der Waals surface area contributed by atoms with Crippen molar-refractivity contribution in [2.24, 2.45) is 0 Å². The Morgan fingerprint density at radius 3 is 1.93 bits per heavy atom. The summed E-state index contributed by atoms with van der Waals surface area (Å²) in [5.74, 6) is -10.8. The summed E-state index contributed by atoms with van der Waals surface area (Å²) < 4.78 is 128. The molecule has 0 aliphatic heterocycles. The van der Waals surface area contributed by atoms with Gasteiger partial charge in [0.15, 0.2) is 0 Å². The fraction of sp³-hybridized carbons (Fsp3) is 0.385. The van der Waals surface area contributed by atoms with Crippen LogP contribution in [0.1, 0.15) is 20.7 Å². The molecule has 0 saturated heterocycles. The number of benzene rings is 1. The molecule has 1 aromatic rings. The number of ether oxygens (including phenoxy) is 1. The third-order valence-corrected chi connectivity index (χ3v) is 2.80. The molecular weight excluding hydrogens is 442 g/mol. The normalized spacial score (nSPS) is 14.4. The number of rotatable bonds is 8. The van der Waals surface area contributed by atoms with Gasteiger partial charge in [0.2, 0.25) is 0 Å². The molecule has 1 aromatic carbocycles. The molecule has 0 N–H and O–H groups in total. The van der Waals surface area contributed by atoms with E-state index >= 15 is 0 Å². The lowest BCUT2D eigenvalue weighted by Crippen LogP contribution is -2.56. The number of hydrogen-bond acceptors (Lipinski definition) is 6. The predicted molar refractivity (Wildman–Crippen MR) is 64.1 cm³/mol. The summed E-state index contributed by atoms with van der Waals surface area (Å²) in [5.41, 5.74) is -1.47. The maximum Gasteiger partial charge on any atom is 0.462 e. The van der Waals surface area contributed by atoms with Gasteiger partial charge in [-0.25, -0.2) is 9.18 Å². The number of carboxylic acids is 1. The smallest absolute Gasteiger partial charge is 0.462 e. The summed E-state index contributed by atoms with van der Waals surface area (Å²) in [4.78, 5) is 28.2. The summed E-state index contributed by atoms with van der Waals surface area (Å²) >= 11 is 0. The molecule has 0 heterocycles. The minimum absolute atomic E-state index is 0.501. The Hall–Kier alpha value is -2.62. The zero-order chi connectivity index (χ0) is 22.8. The van der Waals surface area contributed by atoms with Crippen molar-refractivity contribution in [3.63, 3.8) is 0 Å². The Morgan fingerprint density at radius 2 is 1.45 bits per heavy atom. The summed E-state index contributed by atoms with van der Waals surface area (Å²) in [6.07, 6.45) is -24.5. The van der Waals surface area contributed by atoms with Crippen LogP contribution in [-0.2, 0) is 14.5 Å². The number of carboxylic acid groups (broad SMARTS) is 1. The molecule has 6 nitrogen and oxygen atoms in total. The summed E-state index contributed by atoms with van der Waals surface area (Å²) in [6.45, 7) is 0. The van der Waals surface area contributed by atoms with Gasteiger partial charge in [0, 0.05) is 0 Å². The average Bonchev–Trinajstić information content (AvgIpc) is 2.58. The zero-order valence-corrected chi connectivity index (χ0v) is 13.1. The van der Waals surface area contributed by atoms with Crippen LogP contribution in [0.3, 0.4) is 0 Å². The van der Waals surface area contributed by atoms with Crippen LogP contribution in [-0.4, -0.2) is 42.6 Å². The van der Waals surface area contributed by atoms with Crippen LogP contribution in [0.4, 0.5) is 43.9 Å². The minimum atomic E-state index is -7.07. The van der Waals surface area contributed by atoms with E-state index in [0.717, 1.165) is 18.2 Å². The van der Waals surface area contributed by atoms with Crippen LogP contribution in [0.2, 0.25) is 0 Å². The zero-order valence-electron chi connectivity index (χ0n) is 13.1. The molecule has 0 aliphatic carbocycles. The van der Waals surface area contributed by atoms with Crippen LogP contribution in [0, 0.1) is 0 Å². The van der Waals surface area contributed by atoms with E-state index < -0.39 is 53.7 Å². The SMILES string of the molecule is O=C([O-])c1cccc(C(=O)OOC(F)(F)C(F)OC(F)(F)C(F)(F)C(F)(F)F)c1. The third-order valence-electron chi connectivity index (χ3n) is 2.80. The molecule has 0 saturated carbocycles. The number of alkyl halides is 10. The Balaban J connectivity index is 2.85. The van der Waals surface area contributed by atoms with Gasteiger partial charge in [-0.15, -0.1) is 4.89 Å². The van der Waals surface area contributed by atoms with Gasteiger partial charge in [0.25, 0.3) is 6.36 Å². The number of aromatic carboxylic acids is 1. The highest BCUT2D eigenvalue weighted by atomic mass is 19.4. The second-order valence-electron chi connectivity index (χ2n) is 4.91. The number of halogens is 10.